The molecule has 0 bridgehead atoms. The third-order valence-corrected chi connectivity index (χ3v) is 6.95. The number of amides is 2. The number of alkyl halides is 2. The second-order valence-corrected chi connectivity index (χ2v) is 8.95. The van der Waals surface area contributed by atoms with Gasteiger partial charge in [0.05, 0.1) is 12.2 Å². The molecule has 8 nitrogen and oxygen atoms in total. The summed E-state index contributed by atoms with van der Waals surface area (Å²) in [6, 6.07) is 1.21. The molecular weight excluding hydrogens is 406 g/mol. The SMILES string of the molecule is O=C(Nc1c2c(cc3c1CC3)CC2)NS(=O)(=O)c1nn(C(F)F)c2c1CCCO2. The Kier molecular flexibility index (Phi) is 4.05. The molecule has 0 unspecified atom stereocenters. The van der Waals surface area contributed by atoms with Gasteiger partial charge in [0.2, 0.25) is 10.9 Å². The molecule has 2 aromatic rings. The number of nitrogens with zero attached hydrogens (tertiary/aromatic N) is 2. The van der Waals surface area contributed by atoms with Crippen LogP contribution in [-0.4, -0.2) is 30.8 Å². The summed E-state index contributed by atoms with van der Waals surface area (Å²) >= 11 is 0. The first kappa shape index (κ1) is 18.3. The van der Waals surface area contributed by atoms with Crippen LogP contribution in [0.5, 0.6) is 5.88 Å². The van der Waals surface area contributed by atoms with Crippen molar-refractivity contribution in [1.29, 1.82) is 0 Å². The summed E-state index contributed by atoms with van der Waals surface area (Å²) in [5, 5.41) is 5.57. The van der Waals surface area contributed by atoms with Crippen molar-refractivity contribution in [3.8, 4) is 5.88 Å². The number of hydrogen-bond acceptors (Lipinski definition) is 5. The Morgan fingerprint density at radius 1 is 1.10 bits per heavy atom. The number of rotatable bonds is 4. The minimum absolute atomic E-state index is 0.0599. The van der Waals surface area contributed by atoms with Gasteiger partial charge in [-0.1, -0.05) is 6.07 Å². The number of urea groups is 1. The van der Waals surface area contributed by atoms with Gasteiger partial charge in [-0.15, -0.1) is 0 Å². The first-order valence-electron chi connectivity index (χ1n) is 9.38. The van der Waals surface area contributed by atoms with Crippen LogP contribution in [0.15, 0.2) is 11.1 Å². The summed E-state index contributed by atoms with van der Waals surface area (Å²) in [5.41, 5.74) is 5.13. The molecule has 11 heteroatoms. The molecule has 0 radical (unpaired) electrons. The van der Waals surface area contributed by atoms with Gasteiger partial charge >= 0.3 is 12.6 Å². The van der Waals surface area contributed by atoms with Crippen LogP contribution in [0, 0.1) is 0 Å². The van der Waals surface area contributed by atoms with E-state index in [1.807, 2.05) is 4.72 Å². The van der Waals surface area contributed by atoms with Crippen LogP contribution < -0.4 is 14.8 Å². The Labute approximate surface area is 165 Å². The van der Waals surface area contributed by atoms with E-state index in [2.05, 4.69) is 16.5 Å². The van der Waals surface area contributed by atoms with E-state index in [-0.39, 0.29) is 29.2 Å². The molecule has 0 saturated heterocycles. The van der Waals surface area contributed by atoms with Crippen LogP contribution in [0.1, 0.15) is 40.8 Å². The highest BCUT2D eigenvalue weighted by Crippen LogP contribution is 2.40. The molecular formula is C18H18F2N4O4S. The van der Waals surface area contributed by atoms with E-state index in [4.69, 9.17) is 4.74 Å². The van der Waals surface area contributed by atoms with Crippen molar-refractivity contribution in [2.24, 2.45) is 0 Å². The molecule has 0 spiro atoms. The Balaban J connectivity index is 1.42. The molecule has 0 fully saturated rings. The number of anilines is 1. The third kappa shape index (κ3) is 2.86. The van der Waals surface area contributed by atoms with Gasteiger partial charge in [-0.25, -0.2) is 9.52 Å². The number of nitrogens with one attached hydrogen (secondary N) is 2. The summed E-state index contributed by atoms with van der Waals surface area (Å²) in [6.07, 6.45) is 4.23. The second-order valence-electron chi connectivity index (χ2n) is 7.35. The van der Waals surface area contributed by atoms with E-state index in [9.17, 15) is 22.0 Å². The predicted octanol–water partition coefficient (Wildman–Crippen LogP) is 2.31. The zero-order valence-electron chi connectivity index (χ0n) is 15.3. The Bertz CT molecular complexity index is 1110. The van der Waals surface area contributed by atoms with Crippen LogP contribution in [-0.2, 0) is 42.1 Å². The van der Waals surface area contributed by atoms with E-state index >= 15 is 0 Å². The average Bonchev–Trinajstić information content (AvgIpc) is 2.99. The molecule has 29 heavy (non-hydrogen) atoms. The van der Waals surface area contributed by atoms with E-state index < -0.39 is 27.6 Å². The molecule has 3 aliphatic rings. The number of fused-ring (bicyclic) bond motifs is 3. The monoisotopic (exact) mass is 424 g/mol. The number of carbonyl (C=O) groups is 1. The number of aryl methyl sites for hydroxylation is 2. The van der Waals surface area contributed by atoms with E-state index in [1.165, 1.54) is 11.1 Å². The van der Waals surface area contributed by atoms with Crippen molar-refractivity contribution in [1.82, 2.24) is 14.5 Å². The number of aromatic nitrogens is 2. The van der Waals surface area contributed by atoms with Gasteiger partial charge in [-0.3, -0.25) is 0 Å². The normalized spacial score (nSPS) is 16.7. The number of carbonyl (C=O) groups excluding carboxylic acids is 1. The molecule has 0 atom stereocenters. The molecule has 154 valence electrons. The Morgan fingerprint density at radius 2 is 1.79 bits per heavy atom. The Hall–Kier alpha value is -2.69. The summed E-state index contributed by atoms with van der Waals surface area (Å²) in [7, 11) is -4.45. The molecule has 2 aliphatic carbocycles. The molecule has 1 aromatic carbocycles. The van der Waals surface area contributed by atoms with Gasteiger partial charge in [0.15, 0.2) is 0 Å². The largest absolute Gasteiger partial charge is 0.477 e. The van der Waals surface area contributed by atoms with E-state index in [1.54, 1.807) is 0 Å². The van der Waals surface area contributed by atoms with Gasteiger partial charge in [-0.2, -0.15) is 27.0 Å². The van der Waals surface area contributed by atoms with Gasteiger partial charge in [0, 0.05) is 5.69 Å². The topological polar surface area (TPSA) is 102 Å². The third-order valence-electron chi connectivity index (χ3n) is 5.65. The Morgan fingerprint density at radius 3 is 2.38 bits per heavy atom. The fourth-order valence-electron chi connectivity index (χ4n) is 4.10. The van der Waals surface area contributed by atoms with Crippen LogP contribution in [0.2, 0.25) is 0 Å². The molecule has 2 heterocycles. The van der Waals surface area contributed by atoms with Gasteiger partial charge in [0.1, 0.15) is 0 Å². The fraction of sp³-hybridized carbons (Fsp3) is 0.444. The van der Waals surface area contributed by atoms with Crippen LogP contribution in [0.4, 0.5) is 19.3 Å². The average molecular weight is 424 g/mol. The van der Waals surface area contributed by atoms with E-state index in [0.717, 1.165) is 36.8 Å². The van der Waals surface area contributed by atoms with Crippen LogP contribution >= 0.6 is 0 Å². The van der Waals surface area contributed by atoms with Crippen LogP contribution in [0.25, 0.3) is 0 Å². The fourth-order valence-corrected chi connectivity index (χ4v) is 5.20. The summed E-state index contributed by atoms with van der Waals surface area (Å²) in [5.74, 6) is -0.266. The van der Waals surface area contributed by atoms with Crippen molar-refractivity contribution in [3.63, 3.8) is 0 Å². The summed E-state index contributed by atoms with van der Waals surface area (Å²) in [4.78, 5) is 12.5. The zero-order chi connectivity index (χ0) is 20.3. The number of benzene rings is 1. The lowest BCUT2D eigenvalue weighted by Crippen LogP contribution is -2.36. The van der Waals surface area contributed by atoms with Crippen molar-refractivity contribution in [2.75, 3.05) is 11.9 Å². The van der Waals surface area contributed by atoms with Crippen molar-refractivity contribution in [2.45, 2.75) is 50.1 Å². The molecule has 2 N–H and O–H groups in total. The lowest BCUT2D eigenvalue weighted by molar-refractivity contribution is 0.0432. The van der Waals surface area contributed by atoms with Crippen molar-refractivity contribution in [3.05, 3.63) is 33.9 Å². The zero-order valence-corrected chi connectivity index (χ0v) is 16.1. The highest BCUT2D eigenvalue weighted by Gasteiger charge is 2.34. The summed E-state index contributed by atoms with van der Waals surface area (Å²) < 4.78 is 59.2. The van der Waals surface area contributed by atoms with Gasteiger partial charge in [0.25, 0.3) is 10.0 Å². The maximum absolute atomic E-state index is 13.2. The quantitative estimate of drug-likeness (QED) is 0.784. The maximum atomic E-state index is 13.2. The molecule has 2 amide bonds. The molecule has 0 saturated carbocycles. The number of sulfonamides is 1. The minimum atomic E-state index is -4.45. The highest BCUT2D eigenvalue weighted by molar-refractivity contribution is 7.90. The molecule has 1 aromatic heterocycles. The second kappa shape index (κ2) is 6.41. The smallest absolute Gasteiger partial charge is 0.336 e. The lowest BCUT2D eigenvalue weighted by Gasteiger charge is -2.32. The first-order chi connectivity index (χ1) is 13.8. The van der Waals surface area contributed by atoms with Crippen molar-refractivity contribution < 1.29 is 26.7 Å². The number of ether oxygens (including phenoxy) is 1. The summed E-state index contributed by atoms with van der Waals surface area (Å²) in [6.45, 7) is -2.86. The van der Waals surface area contributed by atoms with E-state index in [0.29, 0.717) is 12.1 Å². The molecule has 5 rings (SSSR count). The standard InChI is InChI=1S/C18H18F2N4O4S/c19-17(20)24-16-13(2-1-7-28-16)15(22-24)29(26,27)23-18(25)21-14-11-5-3-9(11)8-10-4-6-12(10)14/h8,17H,1-7H2,(H2,21,23,25). The number of halogens is 2. The molecule has 1 aliphatic heterocycles. The predicted molar refractivity (Wildman–Crippen MR) is 97.9 cm³/mol. The van der Waals surface area contributed by atoms with Gasteiger partial charge < -0.3 is 10.1 Å². The van der Waals surface area contributed by atoms with Gasteiger partial charge in [-0.05, 0) is 60.8 Å². The first-order valence-corrected chi connectivity index (χ1v) is 10.9. The maximum Gasteiger partial charge on any atom is 0.336 e. The minimum Gasteiger partial charge on any atom is -0.477 e. The van der Waals surface area contributed by atoms with Crippen molar-refractivity contribution >= 4 is 21.7 Å². The highest BCUT2D eigenvalue weighted by atomic mass is 32.2. The lowest BCUT2D eigenvalue weighted by atomic mass is 9.76. The number of hydrogen-bond donors (Lipinski definition) is 2. The van der Waals surface area contributed by atoms with Crippen LogP contribution in [0.3, 0.4) is 0 Å².